The van der Waals surface area contributed by atoms with Crippen molar-refractivity contribution in [2.75, 3.05) is 47.5 Å². The second-order valence-corrected chi connectivity index (χ2v) is 21.7. The SMILES string of the molecule is CC/C=C\C/C=C\C/C=C\C/C=C\C/C=C\C/C=C\C/C=C\C/C=C\CCCCCCCCCCCCCCCCCCC(=O)OC(COC(=O)CCCCCCCCC)COP(=O)([O-])OCC[N+](C)(C)C. The van der Waals surface area contributed by atoms with Crippen molar-refractivity contribution in [2.24, 2.45) is 0 Å². The number of likely N-dealkylation sites (N-methyl/N-ethyl adjacent to an activating group) is 1. The zero-order valence-electron chi connectivity index (χ0n) is 46.8. The van der Waals surface area contributed by atoms with Crippen molar-refractivity contribution in [1.82, 2.24) is 0 Å². The Morgan fingerprint density at radius 2 is 0.792 bits per heavy atom. The molecule has 72 heavy (non-hydrogen) atoms. The summed E-state index contributed by atoms with van der Waals surface area (Å²) < 4.78 is 33.9. The minimum absolute atomic E-state index is 0.0320. The van der Waals surface area contributed by atoms with Crippen molar-refractivity contribution in [3.8, 4) is 0 Å². The molecule has 0 heterocycles. The summed E-state index contributed by atoms with van der Waals surface area (Å²) in [5.74, 6) is -0.839. The molecule has 0 amide bonds. The van der Waals surface area contributed by atoms with E-state index in [0.717, 1.165) is 89.9 Å². The van der Waals surface area contributed by atoms with Crippen LogP contribution in [0.2, 0.25) is 0 Å². The van der Waals surface area contributed by atoms with E-state index in [4.69, 9.17) is 18.5 Å². The summed E-state index contributed by atoms with van der Waals surface area (Å²) in [5.41, 5.74) is 0. The zero-order chi connectivity index (χ0) is 52.7. The van der Waals surface area contributed by atoms with Gasteiger partial charge in [-0.05, 0) is 77.0 Å². The number of hydrogen-bond acceptors (Lipinski definition) is 8. The van der Waals surface area contributed by atoms with Gasteiger partial charge in [-0.1, -0.05) is 239 Å². The number of carbonyl (C=O) groups is 2. The summed E-state index contributed by atoms with van der Waals surface area (Å²) in [5, 5.41) is 0. The average Bonchev–Trinajstić information content (AvgIpc) is 3.34. The highest BCUT2D eigenvalue weighted by Crippen LogP contribution is 2.38. The summed E-state index contributed by atoms with van der Waals surface area (Å²) in [4.78, 5) is 37.5. The molecule has 0 aromatic carbocycles. The molecule has 0 aromatic rings. The maximum absolute atomic E-state index is 12.7. The molecule has 0 saturated heterocycles. The van der Waals surface area contributed by atoms with Gasteiger partial charge in [-0.2, -0.15) is 0 Å². The van der Waals surface area contributed by atoms with Crippen LogP contribution in [0.4, 0.5) is 0 Å². The van der Waals surface area contributed by atoms with Gasteiger partial charge in [0.05, 0.1) is 27.7 Å². The Hall–Kier alpha value is -3.07. The van der Waals surface area contributed by atoms with Crippen molar-refractivity contribution in [3.63, 3.8) is 0 Å². The lowest BCUT2D eigenvalue weighted by Crippen LogP contribution is -2.37. The molecule has 0 aliphatic heterocycles. The Balaban J connectivity index is 3.88. The van der Waals surface area contributed by atoms with E-state index in [1.54, 1.807) is 0 Å². The minimum atomic E-state index is -4.62. The molecule has 414 valence electrons. The molecule has 2 unspecified atom stereocenters. The van der Waals surface area contributed by atoms with E-state index < -0.39 is 26.5 Å². The number of carbonyl (C=O) groups excluding carboxylic acids is 2. The lowest BCUT2D eigenvalue weighted by Gasteiger charge is -2.28. The van der Waals surface area contributed by atoms with Crippen LogP contribution in [0, 0.1) is 0 Å². The third-order valence-electron chi connectivity index (χ3n) is 12.1. The van der Waals surface area contributed by atoms with Crippen LogP contribution in [-0.2, 0) is 32.7 Å². The number of phosphoric ester groups is 1. The third kappa shape index (κ3) is 56.2. The first kappa shape index (κ1) is 68.9. The standard InChI is InChI=1S/C62H108NO8P/c1-6-8-10-12-14-15-16-17-18-19-20-21-22-23-24-25-26-27-28-29-30-31-32-33-34-35-36-37-38-39-40-41-42-43-44-45-46-47-49-51-53-55-62(65)71-60(59-70-72(66,67)69-57-56-63(3,4)5)58-68-61(64)54-52-50-48-13-11-9-7-2/h8,10,14-15,17-18,20-21,23-24,26-27,29-30,32-33,60H,6-7,9,11-13,16,19,22,25,28,31,34-59H2,1-5H3/b10-8-,15-14-,18-17-,21-20-,24-23-,27-26-,30-29-,33-32-. The van der Waals surface area contributed by atoms with E-state index in [1.165, 1.54) is 109 Å². The molecule has 0 spiro atoms. The normalized spacial score (nSPS) is 14.0. The van der Waals surface area contributed by atoms with Crippen LogP contribution < -0.4 is 4.89 Å². The smallest absolute Gasteiger partial charge is 0.306 e. The highest BCUT2D eigenvalue weighted by atomic mass is 31.2. The molecule has 0 aliphatic carbocycles. The monoisotopic (exact) mass is 1030 g/mol. The Kier molecular flexibility index (Phi) is 50.5. The van der Waals surface area contributed by atoms with Crippen LogP contribution in [-0.4, -0.2) is 70.0 Å². The van der Waals surface area contributed by atoms with Gasteiger partial charge in [-0.25, -0.2) is 0 Å². The van der Waals surface area contributed by atoms with Crippen LogP contribution in [0.5, 0.6) is 0 Å². The molecule has 0 radical (unpaired) electrons. The first-order valence-corrected chi connectivity index (χ1v) is 30.4. The second-order valence-electron chi connectivity index (χ2n) is 20.3. The predicted octanol–water partition coefficient (Wildman–Crippen LogP) is 17.4. The molecular weight excluding hydrogens is 918 g/mol. The molecule has 2 atom stereocenters. The third-order valence-corrected chi connectivity index (χ3v) is 13.1. The van der Waals surface area contributed by atoms with Crippen LogP contribution in [0.25, 0.3) is 0 Å². The first-order chi connectivity index (χ1) is 35.0. The summed E-state index contributed by atoms with van der Waals surface area (Å²) in [7, 11) is 1.16. The number of allylic oxidation sites excluding steroid dienone is 16. The first-order valence-electron chi connectivity index (χ1n) is 28.9. The fourth-order valence-corrected chi connectivity index (χ4v) is 8.40. The van der Waals surface area contributed by atoms with Crippen LogP contribution in [0.15, 0.2) is 97.2 Å². The zero-order valence-corrected chi connectivity index (χ0v) is 47.7. The van der Waals surface area contributed by atoms with Crippen molar-refractivity contribution >= 4 is 19.8 Å². The van der Waals surface area contributed by atoms with E-state index in [-0.39, 0.29) is 32.0 Å². The quantitative estimate of drug-likeness (QED) is 0.0195. The Morgan fingerprint density at radius 3 is 1.18 bits per heavy atom. The van der Waals surface area contributed by atoms with Gasteiger partial charge in [0.25, 0.3) is 7.82 Å². The van der Waals surface area contributed by atoms with Gasteiger partial charge >= 0.3 is 11.9 Å². The van der Waals surface area contributed by atoms with Gasteiger partial charge in [0.1, 0.15) is 19.8 Å². The Bertz CT molecular complexity index is 1540. The topological polar surface area (TPSA) is 111 Å². The van der Waals surface area contributed by atoms with Gasteiger partial charge in [-0.15, -0.1) is 0 Å². The average molecular weight is 1030 g/mol. The van der Waals surface area contributed by atoms with Gasteiger partial charge in [0.15, 0.2) is 6.10 Å². The van der Waals surface area contributed by atoms with E-state index >= 15 is 0 Å². The number of quaternary nitrogens is 1. The predicted molar refractivity (Wildman–Crippen MR) is 305 cm³/mol. The largest absolute Gasteiger partial charge is 0.756 e. The summed E-state index contributed by atoms with van der Waals surface area (Å²) in [6.07, 6.45) is 72.2. The molecule has 0 bridgehead atoms. The lowest BCUT2D eigenvalue weighted by molar-refractivity contribution is -0.870. The second kappa shape index (κ2) is 52.8. The highest BCUT2D eigenvalue weighted by Gasteiger charge is 2.21. The summed E-state index contributed by atoms with van der Waals surface area (Å²) in [6.45, 7) is 4.06. The van der Waals surface area contributed by atoms with E-state index in [9.17, 15) is 19.0 Å². The molecule has 10 heteroatoms. The summed E-state index contributed by atoms with van der Waals surface area (Å²) >= 11 is 0. The van der Waals surface area contributed by atoms with Crippen molar-refractivity contribution < 1.29 is 42.1 Å². The summed E-state index contributed by atoms with van der Waals surface area (Å²) in [6, 6.07) is 0. The van der Waals surface area contributed by atoms with Crippen molar-refractivity contribution in [3.05, 3.63) is 97.2 Å². The fraction of sp³-hybridized carbons (Fsp3) is 0.710. The molecule has 0 rings (SSSR count). The van der Waals surface area contributed by atoms with Gasteiger partial charge in [-0.3, -0.25) is 14.2 Å². The van der Waals surface area contributed by atoms with Gasteiger partial charge in [0, 0.05) is 12.8 Å². The number of esters is 2. The number of rotatable bonds is 52. The molecule has 0 saturated carbocycles. The minimum Gasteiger partial charge on any atom is -0.756 e. The van der Waals surface area contributed by atoms with Crippen LogP contribution in [0.3, 0.4) is 0 Å². The lowest BCUT2D eigenvalue weighted by atomic mass is 10.0. The van der Waals surface area contributed by atoms with Crippen LogP contribution in [0.1, 0.15) is 232 Å². The van der Waals surface area contributed by atoms with E-state index in [0.29, 0.717) is 17.4 Å². The number of ether oxygens (including phenoxy) is 2. The number of nitrogens with zero attached hydrogens (tertiary/aromatic N) is 1. The van der Waals surface area contributed by atoms with E-state index in [2.05, 4.69) is 111 Å². The molecule has 0 aliphatic rings. The van der Waals surface area contributed by atoms with Crippen LogP contribution >= 0.6 is 7.82 Å². The van der Waals surface area contributed by atoms with E-state index in [1.807, 2.05) is 21.1 Å². The molecule has 0 fully saturated rings. The number of unbranched alkanes of at least 4 members (excludes halogenated alkanes) is 22. The maximum Gasteiger partial charge on any atom is 0.306 e. The number of hydrogen-bond donors (Lipinski definition) is 0. The number of phosphoric acid groups is 1. The fourth-order valence-electron chi connectivity index (χ4n) is 7.67. The molecule has 0 N–H and O–H groups in total. The molecule has 9 nitrogen and oxygen atoms in total. The Morgan fingerprint density at radius 1 is 0.444 bits per heavy atom. The highest BCUT2D eigenvalue weighted by molar-refractivity contribution is 7.45. The maximum atomic E-state index is 12.7. The van der Waals surface area contributed by atoms with Crippen molar-refractivity contribution in [1.29, 1.82) is 0 Å². The molecular formula is C62H108NO8P. The van der Waals surface area contributed by atoms with Gasteiger partial charge < -0.3 is 27.9 Å². The van der Waals surface area contributed by atoms with Crippen molar-refractivity contribution in [2.45, 2.75) is 238 Å². The molecule has 0 aromatic heterocycles. The Labute approximate surface area is 443 Å². The van der Waals surface area contributed by atoms with Gasteiger partial charge in [0.2, 0.25) is 0 Å².